The molecule has 1 unspecified atom stereocenters. The van der Waals surface area contributed by atoms with Gasteiger partial charge in [-0.25, -0.2) is 4.79 Å². The molecule has 2 rings (SSSR count). The summed E-state index contributed by atoms with van der Waals surface area (Å²) in [5.41, 5.74) is 1.78. The molecule has 0 bridgehead atoms. The number of hydrogen-bond donors (Lipinski definition) is 0. The van der Waals surface area contributed by atoms with Crippen molar-refractivity contribution in [2.75, 3.05) is 20.1 Å². The van der Waals surface area contributed by atoms with Crippen molar-refractivity contribution in [3.05, 3.63) is 24.0 Å². The Labute approximate surface area is 95.0 Å². The number of aromatic nitrogens is 1. The van der Waals surface area contributed by atoms with Crippen LogP contribution in [0, 0.1) is 0 Å². The van der Waals surface area contributed by atoms with Crippen molar-refractivity contribution in [2.45, 2.75) is 18.8 Å². The zero-order chi connectivity index (χ0) is 11.4. The fraction of sp³-hybridized carbons (Fsp3) is 0.500. The molecule has 0 aromatic carbocycles. The summed E-state index contributed by atoms with van der Waals surface area (Å²) >= 11 is 0. The molecule has 4 nitrogen and oxygen atoms in total. The van der Waals surface area contributed by atoms with Gasteiger partial charge in [-0.15, -0.1) is 0 Å². The molecule has 0 aliphatic carbocycles. The first kappa shape index (κ1) is 11.0. The first-order valence-corrected chi connectivity index (χ1v) is 5.51. The first-order valence-electron chi connectivity index (χ1n) is 5.51. The number of isocyanates is 1. The van der Waals surface area contributed by atoms with E-state index < -0.39 is 0 Å². The van der Waals surface area contributed by atoms with E-state index in [-0.39, 0.29) is 0 Å². The van der Waals surface area contributed by atoms with E-state index in [0.29, 0.717) is 11.6 Å². The predicted molar refractivity (Wildman–Crippen MR) is 61.5 cm³/mol. The van der Waals surface area contributed by atoms with Gasteiger partial charge in [-0.2, -0.15) is 4.99 Å². The average Bonchev–Trinajstić information content (AvgIpc) is 2.30. The first-order chi connectivity index (χ1) is 7.81. The molecule has 1 aromatic rings. The molecule has 2 heterocycles. The maximum absolute atomic E-state index is 10.3. The molecule has 1 aliphatic heterocycles. The lowest BCUT2D eigenvalue weighted by Crippen LogP contribution is -2.30. The molecule has 0 N–H and O–H groups in total. The van der Waals surface area contributed by atoms with Crippen molar-refractivity contribution >= 4 is 11.8 Å². The number of carbonyl (C=O) groups excluding carboxylic acids is 1. The molecular weight excluding hydrogens is 202 g/mol. The number of likely N-dealkylation sites (tertiary alicyclic amines) is 1. The summed E-state index contributed by atoms with van der Waals surface area (Å²) in [7, 11) is 2.12. The molecule has 84 valence electrons. The third-order valence-corrected chi connectivity index (χ3v) is 3.06. The van der Waals surface area contributed by atoms with Crippen LogP contribution in [-0.2, 0) is 4.79 Å². The van der Waals surface area contributed by atoms with Crippen molar-refractivity contribution in [3.63, 3.8) is 0 Å². The Hall–Kier alpha value is -1.51. The summed E-state index contributed by atoms with van der Waals surface area (Å²) in [6.07, 6.45) is 7.32. The van der Waals surface area contributed by atoms with Crippen LogP contribution in [0.1, 0.15) is 24.3 Å². The van der Waals surface area contributed by atoms with Crippen molar-refractivity contribution in [1.29, 1.82) is 0 Å². The maximum atomic E-state index is 10.3. The lowest BCUT2D eigenvalue weighted by Gasteiger charge is -2.30. The highest BCUT2D eigenvalue weighted by Gasteiger charge is 2.21. The molecule has 1 atom stereocenters. The second kappa shape index (κ2) is 5.01. The maximum Gasteiger partial charge on any atom is 0.240 e. The Balaban J connectivity index is 2.28. The minimum Gasteiger partial charge on any atom is -0.306 e. The highest BCUT2D eigenvalue weighted by atomic mass is 16.1. The van der Waals surface area contributed by atoms with Gasteiger partial charge in [0.1, 0.15) is 0 Å². The third kappa shape index (κ3) is 2.35. The van der Waals surface area contributed by atoms with Gasteiger partial charge in [0.25, 0.3) is 0 Å². The van der Waals surface area contributed by atoms with Gasteiger partial charge in [0.05, 0.1) is 11.9 Å². The van der Waals surface area contributed by atoms with Gasteiger partial charge in [0, 0.05) is 12.7 Å². The van der Waals surface area contributed by atoms with Crippen LogP contribution >= 0.6 is 0 Å². The zero-order valence-electron chi connectivity index (χ0n) is 9.39. The van der Waals surface area contributed by atoms with Gasteiger partial charge in [0.15, 0.2) is 0 Å². The molecule has 1 saturated heterocycles. The second-order valence-electron chi connectivity index (χ2n) is 4.24. The van der Waals surface area contributed by atoms with Crippen LogP contribution in [0.5, 0.6) is 0 Å². The number of piperidine rings is 1. The third-order valence-electron chi connectivity index (χ3n) is 3.06. The summed E-state index contributed by atoms with van der Waals surface area (Å²) in [6, 6.07) is 1.96. The predicted octanol–water partition coefficient (Wildman–Crippen LogP) is 1.86. The number of rotatable bonds is 2. The van der Waals surface area contributed by atoms with Crippen molar-refractivity contribution in [3.8, 4) is 0 Å². The van der Waals surface area contributed by atoms with Gasteiger partial charge in [0.2, 0.25) is 6.08 Å². The van der Waals surface area contributed by atoms with E-state index in [0.717, 1.165) is 25.1 Å². The summed E-state index contributed by atoms with van der Waals surface area (Å²) < 4.78 is 0. The smallest absolute Gasteiger partial charge is 0.240 e. The van der Waals surface area contributed by atoms with E-state index in [4.69, 9.17) is 0 Å². The van der Waals surface area contributed by atoms with E-state index in [1.54, 1.807) is 18.5 Å². The lowest BCUT2D eigenvalue weighted by molar-refractivity contribution is 0.251. The second-order valence-corrected chi connectivity index (χ2v) is 4.24. The average molecular weight is 217 g/mol. The SMILES string of the molecule is CN1CCCC(c2ccncc2N=C=O)C1. The minimum absolute atomic E-state index is 0.453. The topological polar surface area (TPSA) is 45.6 Å². The number of nitrogens with zero attached hydrogens (tertiary/aromatic N) is 3. The van der Waals surface area contributed by atoms with Crippen LogP contribution in [0.25, 0.3) is 0 Å². The number of likely N-dealkylation sites (N-methyl/N-ethyl adjacent to an activating group) is 1. The molecule has 0 spiro atoms. The summed E-state index contributed by atoms with van der Waals surface area (Å²) in [4.78, 5) is 20.4. The fourth-order valence-corrected chi connectivity index (χ4v) is 2.30. The fourth-order valence-electron chi connectivity index (χ4n) is 2.30. The Bertz CT molecular complexity index is 412. The van der Waals surface area contributed by atoms with Crippen LogP contribution in [0.3, 0.4) is 0 Å². The zero-order valence-corrected chi connectivity index (χ0v) is 9.39. The normalized spacial score (nSPS) is 21.4. The van der Waals surface area contributed by atoms with Crippen molar-refractivity contribution < 1.29 is 4.79 Å². The van der Waals surface area contributed by atoms with Crippen LogP contribution in [0.4, 0.5) is 5.69 Å². The largest absolute Gasteiger partial charge is 0.306 e. The van der Waals surface area contributed by atoms with Crippen LogP contribution < -0.4 is 0 Å². The molecular formula is C12H15N3O. The van der Waals surface area contributed by atoms with Crippen molar-refractivity contribution in [1.82, 2.24) is 9.88 Å². The van der Waals surface area contributed by atoms with E-state index >= 15 is 0 Å². The van der Waals surface area contributed by atoms with E-state index in [1.807, 2.05) is 6.07 Å². The van der Waals surface area contributed by atoms with E-state index in [2.05, 4.69) is 21.9 Å². The molecule has 16 heavy (non-hydrogen) atoms. The molecule has 1 fully saturated rings. The van der Waals surface area contributed by atoms with Gasteiger partial charge in [-0.3, -0.25) is 4.98 Å². The number of pyridine rings is 1. The number of hydrogen-bond acceptors (Lipinski definition) is 4. The van der Waals surface area contributed by atoms with Gasteiger partial charge < -0.3 is 4.90 Å². The van der Waals surface area contributed by atoms with Gasteiger partial charge in [-0.05, 0) is 44.0 Å². The molecule has 4 heteroatoms. The summed E-state index contributed by atoms with van der Waals surface area (Å²) in [5.74, 6) is 0.453. The Morgan fingerprint density at radius 3 is 3.25 bits per heavy atom. The quantitative estimate of drug-likeness (QED) is 0.561. The molecule has 0 radical (unpaired) electrons. The van der Waals surface area contributed by atoms with Crippen molar-refractivity contribution in [2.24, 2.45) is 4.99 Å². The van der Waals surface area contributed by atoms with E-state index in [9.17, 15) is 4.79 Å². The van der Waals surface area contributed by atoms with Crippen LogP contribution in [-0.4, -0.2) is 36.1 Å². The molecule has 0 amide bonds. The highest BCUT2D eigenvalue weighted by Crippen LogP contribution is 2.31. The monoisotopic (exact) mass is 217 g/mol. The van der Waals surface area contributed by atoms with Crippen LogP contribution in [0.15, 0.2) is 23.5 Å². The standard InChI is InChI=1S/C12H15N3O/c1-15-6-2-3-10(8-15)11-4-5-13-7-12(11)14-9-16/h4-5,7,10H,2-3,6,8H2,1H3. The molecule has 1 aromatic heterocycles. The summed E-state index contributed by atoms with van der Waals surface area (Å²) in [5, 5.41) is 0. The van der Waals surface area contributed by atoms with Crippen LogP contribution in [0.2, 0.25) is 0 Å². The Morgan fingerprint density at radius 1 is 1.62 bits per heavy atom. The summed E-state index contributed by atoms with van der Waals surface area (Å²) in [6.45, 7) is 2.17. The van der Waals surface area contributed by atoms with Gasteiger partial charge in [-0.1, -0.05) is 0 Å². The number of aliphatic imine (C=N–C) groups is 1. The van der Waals surface area contributed by atoms with Gasteiger partial charge >= 0.3 is 0 Å². The Morgan fingerprint density at radius 2 is 2.50 bits per heavy atom. The molecule has 1 aliphatic rings. The van der Waals surface area contributed by atoms with E-state index in [1.165, 1.54) is 6.42 Å². The lowest BCUT2D eigenvalue weighted by atomic mass is 9.90. The molecule has 0 saturated carbocycles. The minimum atomic E-state index is 0.453. The Kier molecular flexibility index (Phi) is 3.44. The highest BCUT2D eigenvalue weighted by molar-refractivity contribution is 5.53.